The molecule has 1 saturated heterocycles. The topological polar surface area (TPSA) is 41.3 Å². The molecular weight excluding hydrogens is 174 g/mol. The molecule has 0 aliphatic carbocycles. The standard InChI is InChI=1S/C11H21N3/c1-2-8-14-9-4-11(5-10-14)13-7-3-6-12/h1,11,13H,3-10,12H2. The van der Waals surface area contributed by atoms with Crippen molar-refractivity contribution in [3.63, 3.8) is 0 Å². The summed E-state index contributed by atoms with van der Waals surface area (Å²) in [5.74, 6) is 2.69. The molecular formula is C11H21N3. The van der Waals surface area contributed by atoms with Gasteiger partial charge in [0, 0.05) is 19.1 Å². The highest BCUT2D eigenvalue weighted by molar-refractivity contribution is 4.90. The molecule has 1 rings (SSSR count). The van der Waals surface area contributed by atoms with Gasteiger partial charge in [0.1, 0.15) is 0 Å². The van der Waals surface area contributed by atoms with Crippen LogP contribution < -0.4 is 11.1 Å². The molecule has 0 radical (unpaired) electrons. The van der Waals surface area contributed by atoms with E-state index in [-0.39, 0.29) is 0 Å². The second-order valence-corrected chi connectivity index (χ2v) is 3.85. The normalized spacial score (nSPS) is 19.4. The van der Waals surface area contributed by atoms with Crippen LogP contribution in [0.25, 0.3) is 0 Å². The number of nitrogens with two attached hydrogens (primary N) is 1. The maximum Gasteiger partial charge on any atom is 0.0598 e. The molecule has 0 aromatic heterocycles. The zero-order valence-corrected chi connectivity index (χ0v) is 8.84. The third-order valence-corrected chi connectivity index (χ3v) is 2.72. The quantitative estimate of drug-likeness (QED) is 0.480. The summed E-state index contributed by atoms with van der Waals surface area (Å²) < 4.78 is 0. The van der Waals surface area contributed by atoms with E-state index in [0.717, 1.165) is 39.1 Å². The highest BCUT2D eigenvalue weighted by Gasteiger charge is 2.17. The zero-order chi connectivity index (χ0) is 10.2. The Bertz CT molecular complexity index is 177. The number of likely N-dealkylation sites (tertiary alicyclic amines) is 1. The van der Waals surface area contributed by atoms with Crippen molar-refractivity contribution in [1.82, 2.24) is 10.2 Å². The molecule has 0 bridgehead atoms. The van der Waals surface area contributed by atoms with Crippen LogP contribution in [0.5, 0.6) is 0 Å². The summed E-state index contributed by atoms with van der Waals surface area (Å²) in [7, 11) is 0. The van der Waals surface area contributed by atoms with Crippen molar-refractivity contribution in [2.24, 2.45) is 5.73 Å². The van der Waals surface area contributed by atoms with Gasteiger partial charge in [0.25, 0.3) is 0 Å². The van der Waals surface area contributed by atoms with E-state index in [4.69, 9.17) is 12.2 Å². The van der Waals surface area contributed by atoms with Crippen molar-refractivity contribution < 1.29 is 0 Å². The molecule has 0 atom stereocenters. The van der Waals surface area contributed by atoms with Crippen LogP contribution in [0.15, 0.2) is 0 Å². The lowest BCUT2D eigenvalue weighted by molar-refractivity contribution is 0.218. The van der Waals surface area contributed by atoms with Gasteiger partial charge in [-0.2, -0.15) is 0 Å². The molecule has 0 unspecified atom stereocenters. The first-order chi connectivity index (χ1) is 6.86. The van der Waals surface area contributed by atoms with Crippen LogP contribution >= 0.6 is 0 Å². The smallest absolute Gasteiger partial charge is 0.0598 e. The third kappa shape index (κ3) is 4.10. The monoisotopic (exact) mass is 195 g/mol. The number of hydrogen-bond acceptors (Lipinski definition) is 3. The fourth-order valence-corrected chi connectivity index (χ4v) is 1.83. The Morgan fingerprint density at radius 3 is 2.71 bits per heavy atom. The largest absolute Gasteiger partial charge is 0.330 e. The maximum absolute atomic E-state index is 5.44. The Hall–Kier alpha value is -0.560. The van der Waals surface area contributed by atoms with Gasteiger partial charge < -0.3 is 11.1 Å². The molecule has 3 N–H and O–H groups in total. The van der Waals surface area contributed by atoms with Crippen molar-refractivity contribution in [1.29, 1.82) is 0 Å². The van der Waals surface area contributed by atoms with Gasteiger partial charge in [-0.3, -0.25) is 4.90 Å². The Labute approximate surface area is 87.0 Å². The van der Waals surface area contributed by atoms with E-state index in [2.05, 4.69) is 16.1 Å². The minimum absolute atomic E-state index is 0.676. The molecule has 0 saturated carbocycles. The fourth-order valence-electron chi connectivity index (χ4n) is 1.83. The van der Waals surface area contributed by atoms with E-state index < -0.39 is 0 Å². The molecule has 3 heteroatoms. The van der Waals surface area contributed by atoms with Gasteiger partial charge in [-0.1, -0.05) is 5.92 Å². The van der Waals surface area contributed by atoms with E-state index in [1.54, 1.807) is 0 Å². The number of nitrogens with one attached hydrogen (secondary N) is 1. The van der Waals surface area contributed by atoms with Crippen LogP contribution in [0, 0.1) is 12.3 Å². The average Bonchev–Trinajstić information content (AvgIpc) is 2.21. The summed E-state index contributed by atoms with van der Waals surface area (Å²) in [5.41, 5.74) is 5.44. The van der Waals surface area contributed by atoms with Gasteiger partial charge in [0.05, 0.1) is 6.54 Å². The van der Waals surface area contributed by atoms with Gasteiger partial charge >= 0.3 is 0 Å². The van der Waals surface area contributed by atoms with E-state index in [0.29, 0.717) is 6.04 Å². The molecule has 0 spiro atoms. The highest BCUT2D eigenvalue weighted by atomic mass is 15.1. The second-order valence-electron chi connectivity index (χ2n) is 3.85. The van der Waals surface area contributed by atoms with Crippen molar-refractivity contribution in [2.75, 3.05) is 32.7 Å². The first kappa shape index (κ1) is 11.5. The molecule has 1 heterocycles. The number of nitrogens with zero attached hydrogens (tertiary/aromatic N) is 1. The number of hydrogen-bond donors (Lipinski definition) is 2. The summed E-state index contributed by atoms with van der Waals surface area (Å²) in [6.07, 6.45) is 8.77. The fraction of sp³-hybridized carbons (Fsp3) is 0.818. The summed E-state index contributed by atoms with van der Waals surface area (Å²) >= 11 is 0. The number of rotatable bonds is 5. The van der Waals surface area contributed by atoms with Crippen LogP contribution in [0.4, 0.5) is 0 Å². The minimum atomic E-state index is 0.676. The highest BCUT2D eigenvalue weighted by Crippen LogP contribution is 2.09. The average molecular weight is 195 g/mol. The van der Waals surface area contributed by atoms with Crippen LogP contribution in [0.2, 0.25) is 0 Å². The van der Waals surface area contributed by atoms with E-state index in [1.807, 2.05) is 0 Å². The second kappa shape index (κ2) is 6.83. The summed E-state index contributed by atoms with van der Waals surface area (Å²) in [6, 6.07) is 0.676. The molecule has 1 aliphatic rings. The summed E-state index contributed by atoms with van der Waals surface area (Å²) in [6.45, 7) is 4.89. The molecule has 3 nitrogen and oxygen atoms in total. The van der Waals surface area contributed by atoms with E-state index >= 15 is 0 Å². The summed E-state index contributed by atoms with van der Waals surface area (Å²) in [5, 5.41) is 3.53. The van der Waals surface area contributed by atoms with Gasteiger partial charge in [0.2, 0.25) is 0 Å². The molecule has 0 aromatic carbocycles. The van der Waals surface area contributed by atoms with E-state index in [9.17, 15) is 0 Å². The predicted octanol–water partition coefficient (Wildman–Crippen LogP) is 0.0224. The van der Waals surface area contributed by atoms with Crippen molar-refractivity contribution >= 4 is 0 Å². The molecule has 0 aromatic rings. The molecule has 0 amide bonds. The van der Waals surface area contributed by atoms with Gasteiger partial charge in [-0.25, -0.2) is 0 Å². The van der Waals surface area contributed by atoms with E-state index in [1.165, 1.54) is 12.8 Å². The third-order valence-electron chi connectivity index (χ3n) is 2.72. The maximum atomic E-state index is 5.44. The van der Waals surface area contributed by atoms with Gasteiger partial charge in [-0.15, -0.1) is 6.42 Å². The summed E-state index contributed by atoms with van der Waals surface area (Å²) in [4.78, 5) is 2.33. The molecule has 1 fully saturated rings. The van der Waals surface area contributed by atoms with Crippen LogP contribution in [-0.4, -0.2) is 43.7 Å². The lowest BCUT2D eigenvalue weighted by atomic mass is 10.1. The molecule has 14 heavy (non-hydrogen) atoms. The minimum Gasteiger partial charge on any atom is -0.330 e. The molecule has 80 valence electrons. The van der Waals surface area contributed by atoms with Crippen molar-refractivity contribution in [3.05, 3.63) is 0 Å². The van der Waals surface area contributed by atoms with Gasteiger partial charge in [0.15, 0.2) is 0 Å². The molecule has 1 aliphatic heterocycles. The first-order valence-corrected chi connectivity index (χ1v) is 5.46. The van der Waals surface area contributed by atoms with Gasteiger partial charge in [-0.05, 0) is 32.4 Å². The number of piperidine rings is 1. The Morgan fingerprint density at radius 1 is 1.43 bits per heavy atom. The first-order valence-electron chi connectivity index (χ1n) is 5.46. The zero-order valence-electron chi connectivity index (χ0n) is 8.84. The Kier molecular flexibility index (Phi) is 5.62. The lowest BCUT2D eigenvalue weighted by Gasteiger charge is -2.31. The number of terminal acetylenes is 1. The van der Waals surface area contributed by atoms with Crippen molar-refractivity contribution in [2.45, 2.75) is 25.3 Å². The Morgan fingerprint density at radius 2 is 2.14 bits per heavy atom. The Balaban J connectivity index is 2.07. The lowest BCUT2D eigenvalue weighted by Crippen LogP contribution is -2.43. The van der Waals surface area contributed by atoms with Crippen LogP contribution in [0.1, 0.15) is 19.3 Å². The van der Waals surface area contributed by atoms with Crippen LogP contribution in [-0.2, 0) is 0 Å². The van der Waals surface area contributed by atoms with Crippen molar-refractivity contribution in [3.8, 4) is 12.3 Å². The SMILES string of the molecule is C#CCN1CCC(NCCCN)CC1. The predicted molar refractivity (Wildman–Crippen MR) is 60.0 cm³/mol. The van der Waals surface area contributed by atoms with Crippen LogP contribution in [0.3, 0.4) is 0 Å².